The highest BCUT2D eigenvalue weighted by atomic mass is 16.3. The second-order valence-corrected chi connectivity index (χ2v) is 13.1. The number of rotatable bonds is 6. The quantitative estimate of drug-likeness (QED) is 0.176. The van der Waals surface area contributed by atoms with E-state index in [1.807, 2.05) is 54.6 Å². The molecule has 0 spiro atoms. The molecule has 0 unspecified atom stereocenters. The Morgan fingerprint density at radius 2 is 0.698 bits per heavy atom. The maximum Gasteiger partial charge on any atom is 0.164 e. The van der Waals surface area contributed by atoms with Gasteiger partial charge in [0, 0.05) is 27.5 Å². The molecule has 0 N–H and O–H groups in total. The average molecular weight is 678 g/mol. The second-order valence-electron chi connectivity index (χ2n) is 13.1. The molecule has 4 heteroatoms. The molecule has 0 aliphatic rings. The van der Waals surface area contributed by atoms with Crippen molar-refractivity contribution in [3.05, 3.63) is 188 Å². The van der Waals surface area contributed by atoms with Crippen LogP contribution in [-0.2, 0) is 0 Å². The smallest absolute Gasteiger partial charge is 0.164 e. The van der Waals surface area contributed by atoms with Crippen LogP contribution in [0.2, 0.25) is 0 Å². The van der Waals surface area contributed by atoms with E-state index in [0.717, 1.165) is 60.9 Å². The standard InChI is InChI=1S/C49H31N3O/c1-4-14-32(15-5-1)33-26-28-36(29-27-33)48-50-47(35-18-8-3-9-19-35)51-49(52-48)42-23-13-25-44-46(42)45-41(22-12-24-43(45)53-44)40-31-30-37(34-16-6-2-7-17-34)38-20-10-11-21-39(38)40/h1-31H. The number of fused-ring (bicyclic) bond motifs is 4. The summed E-state index contributed by atoms with van der Waals surface area (Å²) in [4.78, 5) is 15.3. The zero-order valence-electron chi connectivity index (χ0n) is 28.6. The van der Waals surface area contributed by atoms with Crippen LogP contribution >= 0.6 is 0 Å². The maximum absolute atomic E-state index is 6.60. The Morgan fingerprint density at radius 1 is 0.264 bits per heavy atom. The van der Waals surface area contributed by atoms with Crippen LogP contribution in [0.25, 0.3) is 100 Å². The van der Waals surface area contributed by atoms with Crippen molar-refractivity contribution in [1.82, 2.24) is 15.0 Å². The molecule has 0 saturated carbocycles. The van der Waals surface area contributed by atoms with E-state index in [4.69, 9.17) is 19.4 Å². The molecule has 0 amide bonds. The lowest BCUT2D eigenvalue weighted by Gasteiger charge is -2.13. The number of furan rings is 1. The van der Waals surface area contributed by atoms with E-state index in [9.17, 15) is 0 Å². The van der Waals surface area contributed by atoms with Crippen LogP contribution < -0.4 is 0 Å². The molecule has 53 heavy (non-hydrogen) atoms. The van der Waals surface area contributed by atoms with Gasteiger partial charge in [-0.05, 0) is 56.3 Å². The highest BCUT2D eigenvalue weighted by Crippen LogP contribution is 2.44. The minimum atomic E-state index is 0.591. The van der Waals surface area contributed by atoms with Crippen LogP contribution in [0.3, 0.4) is 0 Å². The summed E-state index contributed by atoms with van der Waals surface area (Å²) in [6.45, 7) is 0. The van der Waals surface area contributed by atoms with Gasteiger partial charge in [0.15, 0.2) is 17.5 Å². The van der Waals surface area contributed by atoms with Gasteiger partial charge < -0.3 is 4.42 Å². The minimum absolute atomic E-state index is 0.591. The predicted molar refractivity (Wildman–Crippen MR) is 217 cm³/mol. The predicted octanol–water partition coefficient (Wildman–Crippen LogP) is 12.9. The monoisotopic (exact) mass is 677 g/mol. The lowest BCUT2D eigenvalue weighted by atomic mass is 9.90. The minimum Gasteiger partial charge on any atom is -0.456 e. The third-order valence-corrected chi connectivity index (χ3v) is 9.98. The fourth-order valence-electron chi connectivity index (χ4n) is 7.46. The molecule has 10 aromatic rings. The summed E-state index contributed by atoms with van der Waals surface area (Å²) in [6.07, 6.45) is 0. The van der Waals surface area contributed by atoms with Crippen molar-refractivity contribution < 1.29 is 4.42 Å². The Balaban J connectivity index is 1.19. The molecule has 0 aliphatic heterocycles. The molecule has 4 nitrogen and oxygen atoms in total. The molecule has 0 saturated heterocycles. The first kappa shape index (κ1) is 30.6. The van der Waals surface area contributed by atoms with E-state index in [-0.39, 0.29) is 0 Å². The van der Waals surface area contributed by atoms with Gasteiger partial charge in [-0.1, -0.05) is 176 Å². The molecule has 0 radical (unpaired) electrons. The van der Waals surface area contributed by atoms with E-state index in [1.165, 1.54) is 21.9 Å². The molecule has 10 rings (SSSR count). The molecule has 0 atom stereocenters. The van der Waals surface area contributed by atoms with Crippen molar-refractivity contribution in [3.63, 3.8) is 0 Å². The average Bonchev–Trinajstić information content (AvgIpc) is 3.64. The summed E-state index contributed by atoms with van der Waals surface area (Å²) < 4.78 is 6.60. The zero-order chi connectivity index (χ0) is 35.1. The molecular weight excluding hydrogens is 647 g/mol. The Labute approximate surface area is 306 Å². The van der Waals surface area contributed by atoms with Gasteiger partial charge in [0.2, 0.25) is 0 Å². The van der Waals surface area contributed by atoms with Gasteiger partial charge in [0.05, 0.1) is 0 Å². The highest BCUT2D eigenvalue weighted by Gasteiger charge is 2.21. The zero-order valence-corrected chi connectivity index (χ0v) is 28.6. The van der Waals surface area contributed by atoms with Gasteiger partial charge in [-0.3, -0.25) is 0 Å². The highest BCUT2D eigenvalue weighted by molar-refractivity contribution is 6.20. The third-order valence-electron chi connectivity index (χ3n) is 9.98. The first-order valence-corrected chi connectivity index (χ1v) is 17.8. The molecule has 8 aromatic carbocycles. The normalized spacial score (nSPS) is 11.4. The van der Waals surface area contributed by atoms with Gasteiger partial charge >= 0.3 is 0 Å². The molecule has 2 heterocycles. The van der Waals surface area contributed by atoms with Gasteiger partial charge in [-0.25, -0.2) is 15.0 Å². The number of benzene rings is 8. The van der Waals surface area contributed by atoms with E-state index in [2.05, 4.69) is 133 Å². The molecule has 248 valence electrons. The summed E-state index contributed by atoms with van der Waals surface area (Å²) in [5.74, 6) is 1.82. The van der Waals surface area contributed by atoms with Crippen molar-refractivity contribution >= 4 is 32.7 Å². The molecule has 0 aliphatic carbocycles. The van der Waals surface area contributed by atoms with E-state index in [0.29, 0.717) is 17.5 Å². The van der Waals surface area contributed by atoms with Crippen molar-refractivity contribution in [2.75, 3.05) is 0 Å². The van der Waals surface area contributed by atoms with Crippen LogP contribution in [0.15, 0.2) is 192 Å². The van der Waals surface area contributed by atoms with Crippen LogP contribution in [-0.4, -0.2) is 15.0 Å². The molecule has 0 fully saturated rings. The van der Waals surface area contributed by atoms with Gasteiger partial charge in [0.25, 0.3) is 0 Å². The van der Waals surface area contributed by atoms with Gasteiger partial charge in [-0.2, -0.15) is 0 Å². The Morgan fingerprint density at radius 3 is 1.34 bits per heavy atom. The summed E-state index contributed by atoms with van der Waals surface area (Å²) in [7, 11) is 0. The summed E-state index contributed by atoms with van der Waals surface area (Å²) in [6, 6.07) is 65.1. The second kappa shape index (κ2) is 12.9. The fourth-order valence-corrected chi connectivity index (χ4v) is 7.46. The van der Waals surface area contributed by atoms with Crippen LogP contribution in [0.4, 0.5) is 0 Å². The number of nitrogens with zero attached hydrogens (tertiary/aromatic N) is 3. The lowest BCUT2D eigenvalue weighted by Crippen LogP contribution is -2.00. The third kappa shape index (κ3) is 5.45. The van der Waals surface area contributed by atoms with Crippen LogP contribution in [0, 0.1) is 0 Å². The van der Waals surface area contributed by atoms with E-state index < -0.39 is 0 Å². The summed E-state index contributed by atoms with van der Waals surface area (Å²) in [5, 5.41) is 4.39. The SMILES string of the molecule is c1ccc(-c2ccc(-c3nc(-c4ccccc4)nc(-c4cccc5oc6cccc(-c7ccc(-c8ccccc8)c8ccccc78)c6c45)n3)cc2)cc1. The van der Waals surface area contributed by atoms with Gasteiger partial charge in [0.1, 0.15) is 11.2 Å². The number of aromatic nitrogens is 3. The lowest BCUT2D eigenvalue weighted by molar-refractivity contribution is 0.669. The summed E-state index contributed by atoms with van der Waals surface area (Å²) >= 11 is 0. The largest absolute Gasteiger partial charge is 0.456 e. The molecule has 0 bridgehead atoms. The van der Waals surface area contributed by atoms with Crippen molar-refractivity contribution in [3.8, 4) is 67.5 Å². The topological polar surface area (TPSA) is 51.8 Å². The Kier molecular flexibility index (Phi) is 7.43. The van der Waals surface area contributed by atoms with E-state index >= 15 is 0 Å². The van der Waals surface area contributed by atoms with Crippen LogP contribution in [0.5, 0.6) is 0 Å². The first-order chi connectivity index (χ1) is 26.3. The number of hydrogen-bond acceptors (Lipinski definition) is 4. The Bertz CT molecular complexity index is 2920. The van der Waals surface area contributed by atoms with Crippen LogP contribution in [0.1, 0.15) is 0 Å². The Hall–Kier alpha value is -7.17. The van der Waals surface area contributed by atoms with Crippen molar-refractivity contribution in [2.24, 2.45) is 0 Å². The fraction of sp³-hybridized carbons (Fsp3) is 0. The molecular formula is C49H31N3O. The molecule has 2 aromatic heterocycles. The maximum atomic E-state index is 6.60. The van der Waals surface area contributed by atoms with E-state index in [1.54, 1.807) is 0 Å². The van der Waals surface area contributed by atoms with Gasteiger partial charge in [-0.15, -0.1) is 0 Å². The van der Waals surface area contributed by atoms with Crippen molar-refractivity contribution in [1.29, 1.82) is 0 Å². The number of hydrogen-bond donors (Lipinski definition) is 0. The first-order valence-electron chi connectivity index (χ1n) is 17.8. The summed E-state index contributed by atoms with van der Waals surface area (Å²) in [5.41, 5.74) is 11.3. The van der Waals surface area contributed by atoms with Crippen molar-refractivity contribution in [2.45, 2.75) is 0 Å².